The Morgan fingerprint density at radius 2 is 1.49 bits per heavy atom. The van der Waals surface area contributed by atoms with Gasteiger partial charge in [-0.3, -0.25) is 4.79 Å². The fraction of sp³-hybridized carbons (Fsp3) is 0.276. The third-order valence-corrected chi connectivity index (χ3v) is 4.98. The molecule has 3 aromatic carbocycles. The van der Waals surface area contributed by atoms with Crippen molar-refractivity contribution in [1.82, 2.24) is 10.6 Å². The van der Waals surface area contributed by atoms with Crippen molar-refractivity contribution in [3.63, 3.8) is 0 Å². The third kappa shape index (κ3) is 9.68. The van der Waals surface area contributed by atoms with Crippen LogP contribution in [0.15, 0.2) is 78.9 Å². The highest BCUT2D eigenvalue weighted by Gasteiger charge is 2.15. The number of carbonyl (C=O) groups excluding carboxylic acids is 3. The fourth-order valence-corrected chi connectivity index (χ4v) is 3.26. The topological polar surface area (TPSA) is 103 Å². The van der Waals surface area contributed by atoms with Gasteiger partial charge in [-0.1, -0.05) is 54.6 Å². The first kappa shape index (κ1) is 27.3. The Bertz CT molecular complexity index is 1190. The van der Waals surface area contributed by atoms with Crippen LogP contribution < -0.4 is 15.4 Å². The molecular formula is C29H32N2O6. The summed E-state index contributed by atoms with van der Waals surface area (Å²) in [5, 5.41) is 5.24. The molecule has 0 fully saturated rings. The van der Waals surface area contributed by atoms with E-state index in [0.717, 1.165) is 16.7 Å². The number of alkyl carbamates (subject to hydrolysis) is 1. The Kier molecular flexibility index (Phi) is 9.66. The summed E-state index contributed by atoms with van der Waals surface area (Å²) in [4.78, 5) is 36.1. The number of amides is 2. The second kappa shape index (κ2) is 13.1. The van der Waals surface area contributed by atoms with Gasteiger partial charge < -0.3 is 24.8 Å². The summed E-state index contributed by atoms with van der Waals surface area (Å²) in [5.74, 6) is -0.168. The second-order valence-corrected chi connectivity index (χ2v) is 9.23. The van der Waals surface area contributed by atoms with Crippen LogP contribution in [-0.2, 0) is 20.9 Å². The molecule has 8 heteroatoms. The summed E-state index contributed by atoms with van der Waals surface area (Å²) >= 11 is 0. The van der Waals surface area contributed by atoms with E-state index < -0.39 is 17.7 Å². The Morgan fingerprint density at radius 1 is 0.784 bits per heavy atom. The van der Waals surface area contributed by atoms with Crippen molar-refractivity contribution < 1.29 is 28.6 Å². The predicted molar refractivity (Wildman–Crippen MR) is 140 cm³/mol. The van der Waals surface area contributed by atoms with Gasteiger partial charge in [0.2, 0.25) is 0 Å². The minimum absolute atomic E-state index is 0.158. The monoisotopic (exact) mass is 504 g/mol. The molecule has 0 spiro atoms. The van der Waals surface area contributed by atoms with E-state index >= 15 is 0 Å². The van der Waals surface area contributed by atoms with E-state index in [2.05, 4.69) is 10.6 Å². The summed E-state index contributed by atoms with van der Waals surface area (Å²) in [5.41, 5.74) is 2.56. The average molecular weight is 505 g/mol. The fourth-order valence-electron chi connectivity index (χ4n) is 3.26. The largest absolute Gasteiger partial charge is 0.484 e. The van der Waals surface area contributed by atoms with Crippen LogP contribution in [0.3, 0.4) is 0 Å². The lowest BCUT2D eigenvalue weighted by Crippen LogP contribution is -2.39. The van der Waals surface area contributed by atoms with Crippen LogP contribution in [0.5, 0.6) is 5.75 Å². The van der Waals surface area contributed by atoms with Crippen LogP contribution in [0.25, 0.3) is 11.1 Å². The molecule has 2 N–H and O–H groups in total. The van der Waals surface area contributed by atoms with Crippen LogP contribution in [-0.4, -0.2) is 43.3 Å². The number of benzene rings is 3. The molecule has 0 unspecified atom stereocenters. The lowest BCUT2D eigenvalue weighted by molar-refractivity contribution is -0.123. The quantitative estimate of drug-likeness (QED) is 0.306. The zero-order chi connectivity index (χ0) is 26.7. The molecule has 0 aliphatic rings. The molecule has 0 atom stereocenters. The Morgan fingerprint density at radius 3 is 2.19 bits per heavy atom. The molecule has 37 heavy (non-hydrogen) atoms. The molecule has 3 rings (SSSR count). The molecule has 0 saturated carbocycles. The highest BCUT2D eigenvalue weighted by Crippen LogP contribution is 2.24. The number of hydrogen-bond donors (Lipinski definition) is 2. The standard InChI is InChI=1S/C29H32N2O6/c1-29(2,3)37-28(34)31-17-16-30-26(32)20-35-25-14-12-22(13-15-25)23-10-7-11-24(18-23)27(33)36-19-21-8-5-4-6-9-21/h4-15,18H,16-17,19-20H2,1-3H3,(H,30,32)(H,31,34). The van der Waals surface area contributed by atoms with E-state index in [0.29, 0.717) is 11.3 Å². The number of rotatable bonds is 10. The number of hydrogen-bond acceptors (Lipinski definition) is 6. The van der Waals surface area contributed by atoms with Crippen molar-refractivity contribution in [2.45, 2.75) is 33.0 Å². The van der Waals surface area contributed by atoms with Crippen LogP contribution in [0.2, 0.25) is 0 Å². The molecule has 0 saturated heterocycles. The van der Waals surface area contributed by atoms with E-state index in [-0.39, 0.29) is 32.2 Å². The first-order valence-corrected chi connectivity index (χ1v) is 12.0. The van der Waals surface area contributed by atoms with Gasteiger partial charge >= 0.3 is 12.1 Å². The first-order chi connectivity index (χ1) is 17.7. The van der Waals surface area contributed by atoms with Gasteiger partial charge in [0.1, 0.15) is 18.0 Å². The number of ether oxygens (including phenoxy) is 3. The van der Waals surface area contributed by atoms with Crippen molar-refractivity contribution in [3.05, 3.63) is 90.0 Å². The van der Waals surface area contributed by atoms with E-state index in [1.807, 2.05) is 48.5 Å². The molecule has 0 radical (unpaired) electrons. The SMILES string of the molecule is CC(C)(C)OC(=O)NCCNC(=O)COc1ccc(-c2cccc(C(=O)OCc3ccccc3)c2)cc1. The summed E-state index contributed by atoms with van der Waals surface area (Å²) in [6.07, 6.45) is -0.535. The summed E-state index contributed by atoms with van der Waals surface area (Å²) < 4.78 is 16.1. The van der Waals surface area contributed by atoms with E-state index in [9.17, 15) is 14.4 Å². The molecule has 3 aromatic rings. The van der Waals surface area contributed by atoms with Gasteiger partial charge in [-0.05, 0) is 61.7 Å². The molecule has 0 aliphatic heterocycles. The molecule has 0 bridgehead atoms. The lowest BCUT2D eigenvalue weighted by Gasteiger charge is -2.19. The van der Waals surface area contributed by atoms with Crippen LogP contribution in [0.1, 0.15) is 36.7 Å². The van der Waals surface area contributed by atoms with Gasteiger partial charge in [-0.25, -0.2) is 9.59 Å². The molecular weight excluding hydrogens is 472 g/mol. The minimum atomic E-state index is -0.576. The number of carbonyl (C=O) groups is 3. The van der Waals surface area contributed by atoms with Gasteiger partial charge in [0.05, 0.1) is 5.56 Å². The molecule has 0 aromatic heterocycles. The van der Waals surface area contributed by atoms with Crippen molar-refractivity contribution in [3.8, 4) is 16.9 Å². The number of esters is 1. The summed E-state index contributed by atoms with van der Waals surface area (Å²) in [6, 6.07) is 23.9. The zero-order valence-corrected chi connectivity index (χ0v) is 21.3. The maximum atomic E-state index is 12.5. The Balaban J connectivity index is 1.43. The van der Waals surface area contributed by atoms with Gasteiger partial charge in [0, 0.05) is 13.1 Å². The Hall–Kier alpha value is -4.33. The predicted octanol–water partition coefficient (Wildman–Crippen LogP) is 4.73. The van der Waals surface area contributed by atoms with Crippen molar-refractivity contribution in [2.24, 2.45) is 0 Å². The second-order valence-electron chi connectivity index (χ2n) is 9.23. The van der Waals surface area contributed by atoms with Gasteiger partial charge in [-0.15, -0.1) is 0 Å². The van der Waals surface area contributed by atoms with E-state index in [4.69, 9.17) is 14.2 Å². The third-order valence-electron chi connectivity index (χ3n) is 4.98. The highest BCUT2D eigenvalue weighted by molar-refractivity contribution is 5.91. The average Bonchev–Trinajstić information content (AvgIpc) is 2.88. The normalized spacial score (nSPS) is 10.8. The minimum Gasteiger partial charge on any atom is -0.484 e. The van der Waals surface area contributed by atoms with Crippen molar-refractivity contribution in [1.29, 1.82) is 0 Å². The molecule has 0 aliphatic carbocycles. The lowest BCUT2D eigenvalue weighted by atomic mass is 10.0. The van der Waals surface area contributed by atoms with Gasteiger partial charge in [-0.2, -0.15) is 0 Å². The van der Waals surface area contributed by atoms with E-state index in [1.54, 1.807) is 51.1 Å². The summed E-state index contributed by atoms with van der Waals surface area (Å²) in [6.45, 7) is 5.88. The molecule has 0 heterocycles. The summed E-state index contributed by atoms with van der Waals surface area (Å²) in [7, 11) is 0. The van der Waals surface area contributed by atoms with Gasteiger partial charge in [0.25, 0.3) is 5.91 Å². The Labute approximate surface area is 216 Å². The maximum absolute atomic E-state index is 12.5. The van der Waals surface area contributed by atoms with Crippen LogP contribution in [0.4, 0.5) is 4.79 Å². The van der Waals surface area contributed by atoms with Gasteiger partial charge in [0.15, 0.2) is 6.61 Å². The number of nitrogens with one attached hydrogen (secondary N) is 2. The molecule has 8 nitrogen and oxygen atoms in total. The van der Waals surface area contributed by atoms with Crippen molar-refractivity contribution in [2.75, 3.05) is 19.7 Å². The maximum Gasteiger partial charge on any atom is 0.407 e. The van der Waals surface area contributed by atoms with Crippen molar-refractivity contribution >= 4 is 18.0 Å². The van der Waals surface area contributed by atoms with Crippen LogP contribution >= 0.6 is 0 Å². The highest BCUT2D eigenvalue weighted by atomic mass is 16.6. The van der Waals surface area contributed by atoms with Crippen LogP contribution in [0, 0.1) is 0 Å². The molecule has 2 amide bonds. The van der Waals surface area contributed by atoms with E-state index in [1.165, 1.54) is 0 Å². The smallest absolute Gasteiger partial charge is 0.407 e. The zero-order valence-electron chi connectivity index (χ0n) is 21.3. The first-order valence-electron chi connectivity index (χ1n) is 12.0. The molecule has 194 valence electrons.